The number of phosphoric ester groups is 2. The predicted molar refractivity (Wildman–Crippen MR) is 386 cm³/mol. The molecule has 17 nitrogen and oxygen atoms in total. The molecule has 0 aliphatic rings. The van der Waals surface area contributed by atoms with Crippen LogP contribution in [-0.4, -0.2) is 96.7 Å². The SMILES string of the molecule is CCCCCC/C=C\C=C/CCCCCCCC(=O)OC[C@H](COP(=O)(O)OC[C@@H](O)COP(=O)(O)OC[C@@H](COC(=O)CCCCCCCCC(C)CC)OC(=O)CCCCCCCCCCCCC(C)C)OC(=O)CCCCCCCCCCCCCCCCC(C)C. The molecule has 0 heterocycles. The Kier molecular flexibility index (Phi) is 64.4. The number of esters is 4. The van der Waals surface area contributed by atoms with Crippen molar-refractivity contribution in [3.63, 3.8) is 0 Å². The summed E-state index contributed by atoms with van der Waals surface area (Å²) < 4.78 is 68.5. The molecule has 0 fully saturated rings. The van der Waals surface area contributed by atoms with E-state index in [2.05, 4.69) is 72.8 Å². The van der Waals surface area contributed by atoms with Gasteiger partial charge in [0.2, 0.25) is 0 Å². The largest absolute Gasteiger partial charge is 0.472 e. The van der Waals surface area contributed by atoms with Gasteiger partial charge >= 0.3 is 39.5 Å². The van der Waals surface area contributed by atoms with Crippen LogP contribution in [0, 0.1) is 17.8 Å². The van der Waals surface area contributed by atoms with E-state index in [1.165, 1.54) is 148 Å². The van der Waals surface area contributed by atoms with Crippen molar-refractivity contribution >= 4 is 39.5 Å². The first-order valence-electron chi connectivity index (χ1n) is 38.7. The molecule has 95 heavy (non-hydrogen) atoms. The average Bonchev–Trinajstić information content (AvgIpc) is 1.92. The quantitative estimate of drug-likeness (QED) is 0.0169. The minimum Gasteiger partial charge on any atom is -0.462 e. The summed E-state index contributed by atoms with van der Waals surface area (Å²) in [6, 6.07) is 0. The number of allylic oxidation sites excluding steroid dienone is 4. The second kappa shape index (κ2) is 66.1. The molecule has 0 aromatic carbocycles. The van der Waals surface area contributed by atoms with E-state index < -0.39 is 97.5 Å². The third-order valence-corrected chi connectivity index (χ3v) is 19.3. The molecule has 3 N–H and O–H groups in total. The zero-order valence-electron chi connectivity index (χ0n) is 61.6. The molecule has 560 valence electrons. The Morgan fingerprint density at radius 3 is 0.937 bits per heavy atom. The lowest BCUT2D eigenvalue weighted by molar-refractivity contribution is -0.161. The van der Waals surface area contributed by atoms with Crippen molar-refractivity contribution in [2.45, 2.75) is 381 Å². The van der Waals surface area contributed by atoms with E-state index >= 15 is 0 Å². The van der Waals surface area contributed by atoms with Crippen molar-refractivity contribution in [2.75, 3.05) is 39.6 Å². The van der Waals surface area contributed by atoms with E-state index in [9.17, 15) is 43.2 Å². The fourth-order valence-electron chi connectivity index (χ4n) is 11.0. The first-order chi connectivity index (χ1) is 45.8. The molecule has 19 heteroatoms. The van der Waals surface area contributed by atoms with Crippen molar-refractivity contribution in [1.29, 1.82) is 0 Å². The van der Waals surface area contributed by atoms with E-state index in [0.717, 1.165) is 133 Å². The van der Waals surface area contributed by atoms with Gasteiger partial charge in [0, 0.05) is 25.7 Å². The Balaban J connectivity index is 5.29. The number of carbonyl (C=O) groups is 4. The number of aliphatic hydroxyl groups excluding tert-OH is 1. The molecule has 0 aromatic rings. The number of carbonyl (C=O) groups excluding carboxylic acids is 4. The zero-order valence-corrected chi connectivity index (χ0v) is 63.4. The summed E-state index contributed by atoms with van der Waals surface area (Å²) in [7, 11) is -9.92. The van der Waals surface area contributed by atoms with Crippen LogP contribution < -0.4 is 0 Å². The molecule has 0 aromatic heterocycles. The summed E-state index contributed by atoms with van der Waals surface area (Å²) >= 11 is 0. The summed E-state index contributed by atoms with van der Waals surface area (Å²) in [6.07, 6.45) is 54.9. The number of hydrogen-bond acceptors (Lipinski definition) is 15. The van der Waals surface area contributed by atoms with E-state index in [1.807, 2.05) is 0 Å². The topological polar surface area (TPSA) is 237 Å². The highest BCUT2D eigenvalue weighted by Crippen LogP contribution is 2.45. The Labute approximate surface area is 580 Å². The average molecular weight is 1390 g/mol. The van der Waals surface area contributed by atoms with Gasteiger partial charge in [-0.1, -0.05) is 310 Å². The second-order valence-corrected chi connectivity index (χ2v) is 30.8. The van der Waals surface area contributed by atoms with Gasteiger partial charge in [-0.05, 0) is 69.1 Å². The number of unbranched alkanes of at least 4 members (excludes halogenated alkanes) is 36. The lowest BCUT2D eigenvalue weighted by Crippen LogP contribution is -2.30. The molecule has 3 unspecified atom stereocenters. The van der Waals surface area contributed by atoms with Crippen LogP contribution in [0.25, 0.3) is 0 Å². The first-order valence-corrected chi connectivity index (χ1v) is 41.7. The molecular weight excluding hydrogens is 1250 g/mol. The normalized spacial score (nSPS) is 14.5. The standard InChI is InChI=1S/C76H144O17P2/c1-8-10-11-12-13-14-15-16-17-21-24-30-35-43-50-57-73(78)86-63-71(92-75(80)59-52-45-36-31-25-22-19-18-20-23-28-33-40-47-54-67(3)4)65-90-94(82,83)88-61-70(77)62-89-95(84,85)91-66-72(64-87-74(79)58-51-44-39-38-42-49-56-69(7)9-2)93-76(81)60-53-46-37-32-27-26-29-34-41-48-55-68(5)6/h14-17,67-72,77H,8-13,18-66H2,1-7H3,(H,82,83)(H,84,85)/b15-14-,17-16-/t69?,70-,71-,72-/m1/s1. The van der Waals surface area contributed by atoms with Crippen LogP contribution >= 0.6 is 15.6 Å². The molecule has 0 rings (SSSR count). The van der Waals surface area contributed by atoms with E-state index in [0.29, 0.717) is 25.7 Å². The van der Waals surface area contributed by atoms with Gasteiger partial charge in [-0.2, -0.15) is 0 Å². The van der Waals surface area contributed by atoms with Gasteiger partial charge in [-0.15, -0.1) is 0 Å². The van der Waals surface area contributed by atoms with Crippen LogP contribution in [0.1, 0.15) is 363 Å². The second-order valence-electron chi connectivity index (χ2n) is 27.9. The maximum atomic E-state index is 13.1. The Morgan fingerprint density at radius 1 is 0.347 bits per heavy atom. The lowest BCUT2D eigenvalue weighted by atomic mass is 10.00. The predicted octanol–water partition coefficient (Wildman–Crippen LogP) is 21.7. The van der Waals surface area contributed by atoms with Crippen LogP contribution in [0.4, 0.5) is 0 Å². The van der Waals surface area contributed by atoms with E-state index in [-0.39, 0.29) is 25.7 Å². The molecule has 0 radical (unpaired) electrons. The minimum absolute atomic E-state index is 0.100. The van der Waals surface area contributed by atoms with Crippen LogP contribution in [0.3, 0.4) is 0 Å². The van der Waals surface area contributed by atoms with Gasteiger partial charge in [-0.3, -0.25) is 37.3 Å². The van der Waals surface area contributed by atoms with Crippen molar-refractivity contribution < 1.29 is 80.2 Å². The van der Waals surface area contributed by atoms with Gasteiger partial charge in [0.25, 0.3) is 0 Å². The van der Waals surface area contributed by atoms with E-state index in [1.54, 1.807) is 0 Å². The lowest BCUT2D eigenvalue weighted by Gasteiger charge is -2.21. The summed E-state index contributed by atoms with van der Waals surface area (Å²) in [5.41, 5.74) is 0. The summed E-state index contributed by atoms with van der Waals surface area (Å²) in [5, 5.41) is 10.6. The molecular formula is C76H144O17P2. The monoisotopic (exact) mass is 1390 g/mol. The van der Waals surface area contributed by atoms with Crippen LogP contribution in [0.15, 0.2) is 24.3 Å². The van der Waals surface area contributed by atoms with E-state index in [4.69, 9.17) is 37.0 Å². The first kappa shape index (κ1) is 92.5. The number of hydrogen-bond donors (Lipinski definition) is 3. The van der Waals surface area contributed by atoms with Gasteiger partial charge in [0.1, 0.15) is 19.3 Å². The summed E-state index contributed by atoms with van der Waals surface area (Å²) in [6.45, 7) is 11.8. The molecule has 0 bridgehead atoms. The molecule has 0 aliphatic heterocycles. The van der Waals surface area contributed by atoms with Gasteiger partial charge < -0.3 is 33.8 Å². The van der Waals surface area contributed by atoms with Gasteiger partial charge in [-0.25, -0.2) is 9.13 Å². The minimum atomic E-state index is -4.97. The van der Waals surface area contributed by atoms with Crippen molar-refractivity contribution in [3.05, 3.63) is 24.3 Å². The fourth-order valence-corrected chi connectivity index (χ4v) is 12.6. The molecule has 0 saturated carbocycles. The number of rotatable bonds is 72. The van der Waals surface area contributed by atoms with Crippen molar-refractivity contribution in [3.8, 4) is 0 Å². The Morgan fingerprint density at radius 2 is 0.621 bits per heavy atom. The third-order valence-electron chi connectivity index (χ3n) is 17.4. The highest BCUT2D eigenvalue weighted by Gasteiger charge is 2.30. The number of phosphoric acid groups is 2. The number of ether oxygens (including phenoxy) is 4. The smallest absolute Gasteiger partial charge is 0.462 e. The Bertz CT molecular complexity index is 1950. The van der Waals surface area contributed by atoms with Crippen LogP contribution in [-0.2, 0) is 65.4 Å². The molecule has 0 aliphatic carbocycles. The van der Waals surface area contributed by atoms with Crippen LogP contribution in [0.5, 0.6) is 0 Å². The van der Waals surface area contributed by atoms with Crippen molar-refractivity contribution in [2.24, 2.45) is 17.8 Å². The molecule has 0 amide bonds. The summed E-state index contributed by atoms with van der Waals surface area (Å²) in [5.74, 6) is 0.123. The third kappa shape index (κ3) is 68.5. The fraction of sp³-hybridized carbons (Fsp3) is 0.895. The Hall–Kier alpha value is -2.46. The van der Waals surface area contributed by atoms with Crippen molar-refractivity contribution in [1.82, 2.24) is 0 Å². The highest BCUT2D eigenvalue weighted by atomic mass is 31.2. The summed E-state index contributed by atoms with van der Waals surface area (Å²) in [4.78, 5) is 72.8. The van der Waals surface area contributed by atoms with Crippen LogP contribution in [0.2, 0.25) is 0 Å². The molecule has 0 spiro atoms. The maximum Gasteiger partial charge on any atom is 0.472 e. The van der Waals surface area contributed by atoms with Gasteiger partial charge in [0.05, 0.1) is 26.4 Å². The zero-order chi connectivity index (χ0) is 70.1. The molecule has 0 saturated heterocycles. The molecule has 6 atom stereocenters. The van der Waals surface area contributed by atoms with Gasteiger partial charge in [0.15, 0.2) is 12.2 Å². The maximum absolute atomic E-state index is 13.1. The highest BCUT2D eigenvalue weighted by molar-refractivity contribution is 7.47. The number of aliphatic hydroxyl groups is 1.